The SMILES string of the molecule is c1ccc(-c2nccc(N3CCC[C@@H]3Cn3cccn3)n2)cc1. The lowest BCUT2D eigenvalue weighted by Gasteiger charge is -2.25. The second-order valence-electron chi connectivity index (χ2n) is 5.82. The summed E-state index contributed by atoms with van der Waals surface area (Å²) < 4.78 is 2.00. The molecule has 4 rings (SSSR count). The van der Waals surface area contributed by atoms with Crippen LogP contribution in [0, 0.1) is 0 Å². The fourth-order valence-corrected chi connectivity index (χ4v) is 3.19. The van der Waals surface area contributed by atoms with E-state index in [2.05, 4.69) is 15.0 Å². The summed E-state index contributed by atoms with van der Waals surface area (Å²) in [5, 5.41) is 4.33. The Bertz CT molecular complexity index is 754. The molecular formula is C18H19N5. The number of aromatic nitrogens is 4. The molecule has 0 radical (unpaired) electrons. The molecule has 0 unspecified atom stereocenters. The molecule has 0 aliphatic carbocycles. The van der Waals surface area contributed by atoms with E-state index < -0.39 is 0 Å². The van der Waals surface area contributed by atoms with Crippen molar-refractivity contribution in [2.45, 2.75) is 25.4 Å². The van der Waals surface area contributed by atoms with Gasteiger partial charge in [0.2, 0.25) is 0 Å². The molecule has 1 aliphatic heterocycles. The van der Waals surface area contributed by atoms with Crippen LogP contribution in [0.4, 0.5) is 5.82 Å². The van der Waals surface area contributed by atoms with Crippen LogP contribution in [-0.4, -0.2) is 32.3 Å². The van der Waals surface area contributed by atoms with Crippen molar-refractivity contribution in [3.63, 3.8) is 0 Å². The van der Waals surface area contributed by atoms with Gasteiger partial charge in [0, 0.05) is 30.7 Å². The second-order valence-corrected chi connectivity index (χ2v) is 5.82. The zero-order valence-electron chi connectivity index (χ0n) is 12.9. The molecule has 3 aromatic rings. The van der Waals surface area contributed by atoms with E-state index in [4.69, 9.17) is 4.98 Å². The first-order valence-corrected chi connectivity index (χ1v) is 8.03. The first kappa shape index (κ1) is 13.9. The fraction of sp³-hybridized carbons (Fsp3) is 0.278. The van der Waals surface area contributed by atoms with Crippen molar-refractivity contribution in [2.24, 2.45) is 0 Å². The summed E-state index contributed by atoms with van der Waals surface area (Å²) >= 11 is 0. The van der Waals surface area contributed by atoms with Gasteiger partial charge in [0.1, 0.15) is 5.82 Å². The Labute approximate surface area is 135 Å². The van der Waals surface area contributed by atoms with Crippen molar-refractivity contribution in [3.05, 3.63) is 61.1 Å². The molecule has 0 amide bonds. The van der Waals surface area contributed by atoms with Gasteiger partial charge >= 0.3 is 0 Å². The number of nitrogens with zero attached hydrogens (tertiary/aromatic N) is 5. The lowest BCUT2D eigenvalue weighted by Crippen LogP contribution is -2.33. The topological polar surface area (TPSA) is 46.8 Å². The standard InChI is InChI=1S/C18H19N5/c1-2-6-15(7-3-1)18-19-11-9-17(21-18)23-13-4-8-16(23)14-22-12-5-10-20-22/h1-3,5-7,9-12,16H,4,8,13-14H2/t16-/m1/s1. The predicted octanol–water partition coefficient (Wildman–Crippen LogP) is 3.01. The number of anilines is 1. The van der Waals surface area contributed by atoms with Gasteiger partial charge in [-0.05, 0) is 25.0 Å². The lowest BCUT2D eigenvalue weighted by atomic mass is 10.2. The van der Waals surface area contributed by atoms with E-state index >= 15 is 0 Å². The summed E-state index contributed by atoms with van der Waals surface area (Å²) in [7, 11) is 0. The van der Waals surface area contributed by atoms with E-state index in [0.717, 1.165) is 30.3 Å². The molecule has 23 heavy (non-hydrogen) atoms. The third-order valence-electron chi connectivity index (χ3n) is 4.30. The van der Waals surface area contributed by atoms with Crippen molar-refractivity contribution in [2.75, 3.05) is 11.4 Å². The van der Waals surface area contributed by atoms with Crippen LogP contribution in [0.25, 0.3) is 11.4 Å². The Morgan fingerprint density at radius 2 is 1.96 bits per heavy atom. The molecule has 0 N–H and O–H groups in total. The quantitative estimate of drug-likeness (QED) is 0.743. The van der Waals surface area contributed by atoms with Crippen molar-refractivity contribution in [1.82, 2.24) is 19.7 Å². The molecule has 5 heteroatoms. The molecule has 1 saturated heterocycles. The smallest absolute Gasteiger partial charge is 0.161 e. The molecule has 0 spiro atoms. The largest absolute Gasteiger partial charge is 0.352 e. The van der Waals surface area contributed by atoms with Crippen LogP contribution in [0.15, 0.2) is 61.1 Å². The van der Waals surface area contributed by atoms with E-state index in [-0.39, 0.29) is 0 Å². The molecule has 2 aromatic heterocycles. The minimum Gasteiger partial charge on any atom is -0.352 e. The Kier molecular flexibility index (Phi) is 3.76. The average molecular weight is 305 g/mol. The first-order valence-electron chi connectivity index (χ1n) is 8.03. The van der Waals surface area contributed by atoms with Gasteiger partial charge in [0.25, 0.3) is 0 Å². The number of benzene rings is 1. The number of hydrogen-bond acceptors (Lipinski definition) is 4. The highest BCUT2D eigenvalue weighted by molar-refractivity contribution is 5.57. The van der Waals surface area contributed by atoms with Crippen LogP contribution in [0.2, 0.25) is 0 Å². The molecule has 1 aromatic carbocycles. The Morgan fingerprint density at radius 3 is 2.78 bits per heavy atom. The van der Waals surface area contributed by atoms with E-state index in [1.165, 1.54) is 12.8 Å². The maximum absolute atomic E-state index is 4.79. The van der Waals surface area contributed by atoms with E-state index in [9.17, 15) is 0 Å². The normalized spacial score (nSPS) is 17.6. The number of hydrogen-bond donors (Lipinski definition) is 0. The monoisotopic (exact) mass is 305 g/mol. The summed E-state index contributed by atoms with van der Waals surface area (Å²) in [6.45, 7) is 1.94. The van der Waals surface area contributed by atoms with Crippen molar-refractivity contribution < 1.29 is 0 Å². The third kappa shape index (κ3) is 2.95. The van der Waals surface area contributed by atoms with Gasteiger partial charge in [0.05, 0.1) is 12.6 Å². The molecule has 1 fully saturated rings. The van der Waals surface area contributed by atoms with Crippen molar-refractivity contribution in [3.8, 4) is 11.4 Å². The third-order valence-corrected chi connectivity index (χ3v) is 4.30. The van der Waals surface area contributed by atoms with Gasteiger partial charge in [-0.15, -0.1) is 0 Å². The van der Waals surface area contributed by atoms with Gasteiger partial charge in [-0.25, -0.2) is 9.97 Å². The zero-order chi connectivity index (χ0) is 15.5. The molecular weight excluding hydrogens is 286 g/mol. The van der Waals surface area contributed by atoms with Gasteiger partial charge in [0.15, 0.2) is 5.82 Å². The molecule has 1 atom stereocenters. The van der Waals surface area contributed by atoms with E-state index in [1.807, 2.05) is 65.7 Å². The minimum atomic E-state index is 0.438. The van der Waals surface area contributed by atoms with Crippen LogP contribution < -0.4 is 4.90 Å². The van der Waals surface area contributed by atoms with E-state index in [1.54, 1.807) is 0 Å². The highest BCUT2D eigenvalue weighted by atomic mass is 15.3. The first-order chi connectivity index (χ1) is 11.4. The van der Waals surface area contributed by atoms with Crippen LogP contribution >= 0.6 is 0 Å². The Morgan fingerprint density at radius 1 is 1.04 bits per heavy atom. The summed E-state index contributed by atoms with van der Waals surface area (Å²) in [4.78, 5) is 11.6. The Hall–Kier alpha value is -2.69. The van der Waals surface area contributed by atoms with Crippen LogP contribution in [-0.2, 0) is 6.54 Å². The summed E-state index contributed by atoms with van der Waals surface area (Å²) in [6, 6.07) is 14.5. The lowest BCUT2D eigenvalue weighted by molar-refractivity contribution is 0.507. The van der Waals surface area contributed by atoms with Crippen LogP contribution in [0.3, 0.4) is 0 Å². The Balaban J connectivity index is 1.59. The average Bonchev–Trinajstić information content (AvgIpc) is 3.28. The van der Waals surface area contributed by atoms with Crippen LogP contribution in [0.5, 0.6) is 0 Å². The van der Waals surface area contributed by atoms with E-state index in [0.29, 0.717) is 6.04 Å². The minimum absolute atomic E-state index is 0.438. The summed E-state index contributed by atoms with van der Waals surface area (Å²) in [6.07, 6.45) is 8.07. The maximum Gasteiger partial charge on any atom is 0.161 e. The zero-order valence-corrected chi connectivity index (χ0v) is 12.9. The highest BCUT2D eigenvalue weighted by Crippen LogP contribution is 2.26. The molecule has 0 saturated carbocycles. The molecule has 0 bridgehead atoms. The highest BCUT2D eigenvalue weighted by Gasteiger charge is 2.26. The van der Waals surface area contributed by atoms with Gasteiger partial charge in [-0.1, -0.05) is 30.3 Å². The maximum atomic E-state index is 4.79. The molecule has 116 valence electrons. The van der Waals surface area contributed by atoms with Crippen molar-refractivity contribution in [1.29, 1.82) is 0 Å². The number of rotatable bonds is 4. The summed E-state index contributed by atoms with van der Waals surface area (Å²) in [5.41, 5.74) is 1.05. The summed E-state index contributed by atoms with van der Waals surface area (Å²) in [5.74, 6) is 1.79. The van der Waals surface area contributed by atoms with Crippen molar-refractivity contribution >= 4 is 5.82 Å². The van der Waals surface area contributed by atoms with Gasteiger partial charge in [-0.3, -0.25) is 4.68 Å². The van der Waals surface area contributed by atoms with Crippen LogP contribution in [0.1, 0.15) is 12.8 Å². The molecule has 1 aliphatic rings. The van der Waals surface area contributed by atoms with Gasteiger partial charge in [-0.2, -0.15) is 5.10 Å². The molecule has 3 heterocycles. The second kappa shape index (κ2) is 6.20. The van der Waals surface area contributed by atoms with Gasteiger partial charge < -0.3 is 4.90 Å². The predicted molar refractivity (Wildman–Crippen MR) is 90.1 cm³/mol. The fourth-order valence-electron chi connectivity index (χ4n) is 3.19. The molecule has 5 nitrogen and oxygen atoms in total.